The van der Waals surface area contributed by atoms with Crippen molar-refractivity contribution in [1.29, 1.82) is 0 Å². The average molecular weight is 735 g/mol. The summed E-state index contributed by atoms with van der Waals surface area (Å²) in [4.78, 5) is 77.2. The molecule has 4 aliphatic rings. The quantitative estimate of drug-likeness (QED) is 0.194. The van der Waals surface area contributed by atoms with Crippen molar-refractivity contribution in [3.05, 3.63) is 66.2 Å². The van der Waals surface area contributed by atoms with E-state index in [4.69, 9.17) is 37.9 Å². The molecule has 2 aromatic rings. The number of nitrogens with zero attached hydrogens (tertiary/aromatic N) is 2. The van der Waals surface area contributed by atoms with Gasteiger partial charge in [-0.05, 0) is 40.5 Å². The molecule has 18 heteroatoms. The molecule has 0 aliphatic carbocycles. The van der Waals surface area contributed by atoms with Crippen LogP contribution in [0.1, 0.15) is 91.5 Å². The molecule has 6 heterocycles. The Morgan fingerprint density at radius 1 is 0.615 bits per heavy atom. The van der Waals surface area contributed by atoms with E-state index < -0.39 is 83.2 Å². The van der Waals surface area contributed by atoms with Crippen molar-refractivity contribution in [2.75, 3.05) is 13.2 Å². The summed E-state index contributed by atoms with van der Waals surface area (Å²) in [6.07, 6.45) is 2.27. The predicted octanol–water partition coefficient (Wildman–Crippen LogP) is 1.13. The van der Waals surface area contributed by atoms with Crippen LogP contribution >= 0.6 is 0 Å². The van der Waals surface area contributed by atoms with Crippen molar-refractivity contribution >= 4 is 11.9 Å². The van der Waals surface area contributed by atoms with Gasteiger partial charge in [0.05, 0.1) is 0 Å². The SMILES string of the molecule is CC1(C)O[C@@H]2[C@H](O1)[C@@H](COC(=O)CCCCCCCCC(=O)OC[C@H]1O[C@@H](n3ccc(=O)[nH]c3=O)[C@@H]3OC(C)(C)O[C@@H]31)O[C@H]2n1ccc(=O)[nH]c1=O. The fraction of sp³-hybridized carbons (Fsp3) is 0.706. The largest absolute Gasteiger partial charge is 0.463 e. The molecule has 0 spiro atoms. The summed E-state index contributed by atoms with van der Waals surface area (Å²) in [5.74, 6) is -2.61. The zero-order chi connectivity index (χ0) is 37.2. The van der Waals surface area contributed by atoms with Crippen molar-refractivity contribution in [3.63, 3.8) is 0 Å². The molecule has 4 aliphatic heterocycles. The van der Waals surface area contributed by atoms with Gasteiger partial charge in [0.1, 0.15) is 49.8 Å². The molecule has 0 bridgehead atoms. The molecule has 286 valence electrons. The molecule has 2 aromatic heterocycles. The van der Waals surface area contributed by atoms with Gasteiger partial charge in [0, 0.05) is 37.4 Å². The number of hydrogen-bond acceptors (Lipinski definition) is 14. The number of esters is 2. The zero-order valence-corrected chi connectivity index (χ0v) is 29.6. The number of aromatic amines is 2. The average Bonchev–Trinajstić information content (AvgIpc) is 3.76. The maximum Gasteiger partial charge on any atom is 0.330 e. The first-order valence-electron chi connectivity index (χ1n) is 17.7. The molecule has 0 radical (unpaired) electrons. The standard InChI is InChI=1S/C34H46N4O14/c1-33(2)49-25-19(47-29(27(25)51-33)37-15-13-21(39)35-31(37)43)17-45-23(41)11-9-7-5-6-8-10-12-24(42)46-18-20-26-28(52-34(3,4)50-26)30(48-20)38-16-14-22(40)36-32(38)44/h13-16,19-20,25-30H,5-12,17-18H2,1-4H3,(H,35,39,43)(H,36,40,44)/t19-,20-,25-,26-,27-,28-,29-,30-/m1/s1. The second-order valence-electron chi connectivity index (χ2n) is 14.3. The van der Waals surface area contributed by atoms with E-state index in [0.717, 1.165) is 25.7 Å². The van der Waals surface area contributed by atoms with Crippen LogP contribution < -0.4 is 22.5 Å². The van der Waals surface area contributed by atoms with E-state index in [2.05, 4.69) is 9.97 Å². The number of fused-ring (bicyclic) bond motifs is 2. The van der Waals surface area contributed by atoms with Gasteiger partial charge >= 0.3 is 23.3 Å². The summed E-state index contributed by atoms with van der Waals surface area (Å²) in [6.45, 7) is 6.83. The van der Waals surface area contributed by atoms with Gasteiger partial charge in [0.15, 0.2) is 24.0 Å². The van der Waals surface area contributed by atoms with E-state index in [1.54, 1.807) is 27.7 Å². The second-order valence-corrected chi connectivity index (χ2v) is 14.3. The van der Waals surface area contributed by atoms with Gasteiger partial charge in [-0.1, -0.05) is 25.7 Å². The molecular formula is C34H46N4O14. The number of unbranched alkanes of at least 4 members (excludes halogenated alkanes) is 5. The molecule has 4 fully saturated rings. The summed E-state index contributed by atoms with van der Waals surface area (Å²) >= 11 is 0. The molecule has 2 N–H and O–H groups in total. The monoisotopic (exact) mass is 734 g/mol. The van der Waals surface area contributed by atoms with Crippen LogP contribution in [0.25, 0.3) is 0 Å². The van der Waals surface area contributed by atoms with Crippen LogP contribution in [-0.2, 0) is 47.5 Å². The summed E-state index contributed by atoms with van der Waals surface area (Å²) in [7, 11) is 0. The van der Waals surface area contributed by atoms with Crippen molar-refractivity contribution in [3.8, 4) is 0 Å². The van der Waals surface area contributed by atoms with Crippen LogP contribution in [0, 0.1) is 0 Å². The lowest BCUT2D eigenvalue weighted by Crippen LogP contribution is -2.37. The minimum absolute atomic E-state index is 0.0767. The fourth-order valence-electron chi connectivity index (χ4n) is 7.03. The first-order chi connectivity index (χ1) is 24.7. The number of carbonyl (C=O) groups is 2. The Morgan fingerprint density at radius 3 is 1.37 bits per heavy atom. The molecule has 0 unspecified atom stereocenters. The third-order valence-electron chi connectivity index (χ3n) is 9.33. The van der Waals surface area contributed by atoms with Crippen molar-refractivity contribution in [2.24, 2.45) is 0 Å². The predicted molar refractivity (Wildman–Crippen MR) is 177 cm³/mol. The van der Waals surface area contributed by atoms with Crippen molar-refractivity contribution in [1.82, 2.24) is 19.1 Å². The number of hydrogen-bond donors (Lipinski definition) is 2. The van der Waals surface area contributed by atoms with Gasteiger partial charge in [0.2, 0.25) is 0 Å². The third-order valence-corrected chi connectivity index (χ3v) is 9.33. The van der Waals surface area contributed by atoms with Gasteiger partial charge in [-0.15, -0.1) is 0 Å². The van der Waals surface area contributed by atoms with E-state index in [-0.39, 0.29) is 38.0 Å². The Bertz CT molecular complexity index is 1700. The number of nitrogens with one attached hydrogen (secondary N) is 2. The Kier molecular flexibility index (Phi) is 11.3. The highest BCUT2D eigenvalue weighted by atomic mass is 16.8. The Hall–Kier alpha value is -3.94. The first kappa shape index (κ1) is 37.8. The van der Waals surface area contributed by atoms with Crippen LogP contribution in [-0.4, -0.2) is 92.5 Å². The number of ether oxygens (including phenoxy) is 8. The van der Waals surface area contributed by atoms with E-state index in [0.29, 0.717) is 12.8 Å². The lowest BCUT2D eigenvalue weighted by molar-refractivity contribution is -0.203. The van der Waals surface area contributed by atoms with Crippen molar-refractivity contribution < 1.29 is 47.5 Å². The molecule has 6 rings (SSSR count). The minimum atomic E-state index is -0.931. The van der Waals surface area contributed by atoms with Gasteiger partial charge < -0.3 is 37.9 Å². The molecule has 0 aromatic carbocycles. The summed E-state index contributed by atoms with van der Waals surface area (Å²) < 4.78 is 49.4. The van der Waals surface area contributed by atoms with Crippen LogP contribution in [0.15, 0.2) is 43.7 Å². The van der Waals surface area contributed by atoms with E-state index in [1.165, 1.54) is 33.7 Å². The second kappa shape index (κ2) is 15.6. The summed E-state index contributed by atoms with van der Waals surface area (Å²) in [5, 5.41) is 0. The highest BCUT2D eigenvalue weighted by molar-refractivity contribution is 5.69. The first-order valence-corrected chi connectivity index (χ1v) is 17.7. The summed E-state index contributed by atoms with van der Waals surface area (Å²) in [5.41, 5.74) is -2.35. The van der Waals surface area contributed by atoms with Crippen LogP contribution in [0.5, 0.6) is 0 Å². The Morgan fingerprint density at radius 2 is 0.981 bits per heavy atom. The van der Waals surface area contributed by atoms with Crippen LogP contribution in [0.3, 0.4) is 0 Å². The molecule has 0 saturated carbocycles. The molecular weight excluding hydrogens is 688 g/mol. The highest BCUT2D eigenvalue weighted by Crippen LogP contribution is 2.44. The van der Waals surface area contributed by atoms with E-state index in [1.807, 2.05) is 0 Å². The van der Waals surface area contributed by atoms with Gasteiger partial charge in [-0.25, -0.2) is 9.59 Å². The maximum atomic E-state index is 12.5. The minimum Gasteiger partial charge on any atom is -0.463 e. The normalized spacial score (nSPS) is 29.8. The Labute approximate surface area is 297 Å². The topological polar surface area (TPSA) is 218 Å². The van der Waals surface area contributed by atoms with Gasteiger partial charge in [0.25, 0.3) is 11.1 Å². The lowest BCUT2D eigenvalue weighted by Gasteiger charge is -2.24. The van der Waals surface area contributed by atoms with Crippen molar-refractivity contribution in [2.45, 2.75) is 140 Å². The number of aromatic nitrogens is 4. The van der Waals surface area contributed by atoms with E-state index in [9.17, 15) is 28.8 Å². The molecule has 0 amide bonds. The molecule has 52 heavy (non-hydrogen) atoms. The maximum absolute atomic E-state index is 12.5. The fourth-order valence-corrected chi connectivity index (χ4v) is 7.03. The Balaban J connectivity index is 0.848. The number of rotatable bonds is 15. The van der Waals surface area contributed by atoms with Crippen LogP contribution in [0.4, 0.5) is 0 Å². The zero-order valence-electron chi connectivity index (χ0n) is 29.6. The van der Waals surface area contributed by atoms with Gasteiger partial charge in [-0.3, -0.25) is 38.3 Å². The molecule has 8 atom stereocenters. The number of H-pyrrole nitrogens is 2. The highest BCUT2D eigenvalue weighted by Gasteiger charge is 2.57. The van der Waals surface area contributed by atoms with Gasteiger partial charge in [-0.2, -0.15) is 0 Å². The third kappa shape index (κ3) is 8.80. The summed E-state index contributed by atoms with van der Waals surface area (Å²) in [6, 6.07) is 2.43. The number of carbonyl (C=O) groups excluding carboxylic acids is 2. The lowest BCUT2D eigenvalue weighted by atomic mass is 10.1. The molecule has 18 nitrogen and oxygen atoms in total. The smallest absolute Gasteiger partial charge is 0.330 e. The van der Waals surface area contributed by atoms with Crippen LogP contribution in [0.2, 0.25) is 0 Å². The van der Waals surface area contributed by atoms with E-state index >= 15 is 0 Å². The molecule has 4 saturated heterocycles.